The molecule has 0 fully saturated rings. The molecule has 4 aromatic rings. The van der Waals surface area contributed by atoms with Crippen LogP contribution in [0.4, 0.5) is 0 Å². The van der Waals surface area contributed by atoms with Crippen molar-refractivity contribution in [2.45, 2.75) is 20.4 Å². The molecule has 2 aromatic carbocycles. The van der Waals surface area contributed by atoms with Gasteiger partial charge in [0.25, 0.3) is 5.56 Å². The Hall–Kier alpha value is -2.24. The maximum atomic E-state index is 13.2. The summed E-state index contributed by atoms with van der Waals surface area (Å²) in [4.78, 5) is 18.5. The largest absolute Gasteiger partial charge is 0.294 e. The number of aryl methyl sites for hydroxylation is 2. The molecule has 130 valence electrons. The van der Waals surface area contributed by atoms with Crippen LogP contribution < -0.4 is 5.56 Å². The van der Waals surface area contributed by atoms with E-state index >= 15 is 0 Å². The van der Waals surface area contributed by atoms with Crippen LogP contribution in [-0.2, 0) is 6.54 Å². The zero-order chi connectivity index (χ0) is 18.3. The van der Waals surface area contributed by atoms with Crippen molar-refractivity contribution in [1.29, 1.82) is 0 Å². The maximum Gasteiger partial charge on any atom is 0.263 e. The number of aromatic nitrogens is 2. The number of thiophene rings is 1. The minimum atomic E-state index is 0.00574. The van der Waals surface area contributed by atoms with Gasteiger partial charge in [0.2, 0.25) is 0 Å². The monoisotopic (exact) mass is 424 g/mol. The summed E-state index contributed by atoms with van der Waals surface area (Å²) >= 11 is 5.00. The van der Waals surface area contributed by atoms with Crippen LogP contribution in [0.1, 0.15) is 16.7 Å². The fourth-order valence-electron chi connectivity index (χ4n) is 3.23. The van der Waals surface area contributed by atoms with Crippen LogP contribution in [0.5, 0.6) is 0 Å². The van der Waals surface area contributed by atoms with Gasteiger partial charge in [0, 0.05) is 15.4 Å². The standard InChI is InChI=1S/C21H17BrN2OS/c1-13-6-7-17(14(2)8-13)18-11-26-20-19(18)21(25)24(12-23-20)10-15-4-3-5-16(22)9-15/h3-9,11-12H,10H2,1-2H3. The first-order valence-corrected chi connectivity index (χ1v) is 9.99. The van der Waals surface area contributed by atoms with Gasteiger partial charge in [-0.05, 0) is 42.7 Å². The third-order valence-electron chi connectivity index (χ3n) is 4.47. The molecule has 0 radical (unpaired) electrons. The highest BCUT2D eigenvalue weighted by atomic mass is 79.9. The molecule has 0 aliphatic rings. The molecule has 0 bridgehead atoms. The first-order chi connectivity index (χ1) is 12.5. The van der Waals surface area contributed by atoms with Crippen LogP contribution in [0.15, 0.2) is 63.4 Å². The first-order valence-electron chi connectivity index (χ1n) is 8.31. The summed E-state index contributed by atoms with van der Waals surface area (Å²) in [6, 6.07) is 14.3. The minimum Gasteiger partial charge on any atom is -0.294 e. The molecule has 2 aromatic heterocycles. The van der Waals surface area contributed by atoms with Gasteiger partial charge in [-0.25, -0.2) is 4.98 Å². The summed E-state index contributed by atoms with van der Waals surface area (Å²) in [7, 11) is 0. The SMILES string of the molecule is Cc1ccc(-c2csc3ncn(Cc4cccc(Br)c4)c(=O)c23)c(C)c1. The van der Waals surface area contributed by atoms with Crippen molar-refractivity contribution in [3.05, 3.63) is 85.7 Å². The van der Waals surface area contributed by atoms with Gasteiger partial charge in [-0.1, -0.05) is 51.8 Å². The van der Waals surface area contributed by atoms with Crippen LogP contribution >= 0.6 is 27.3 Å². The van der Waals surface area contributed by atoms with Gasteiger partial charge < -0.3 is 0 Å². The van der Waals surface area contributed by atoms with Crippen molar-refractivity contribution in [2.24, 2.45) is 0 Å². The molecule has 0 atom stereocenters. The number of hydrogen-bond donors (Lipinski definition) is 0. The lowest BCUT2D eigenvalue weighted by Gasteiger charge is -2.08. The Labute approximate surface area is 164 Å². The topological polar surface area (TPSA) is 34.9 Å². The molecule has 0 saturated heterocycles. The Morgan fingerprint density at radius 2 is 1.96 bits per heavy atom. The Morgan fingerprint density at radius 3 is 2.73 bits per heavy atom. The number of fused-ring (bicyclic) bond motifs is 1. The predicted octanol–water partition coefficient (Wildman–Crippen LogP) is 5.55. The first kappa shape index (κ1) is 17.2. The molecule has 0 N–H and O–H groups in total. The van der Waals surface area contributed by atoms with Gasteiger partial charge in [-0.3, -0.25) is 9.36 Å². The molecule has 3 nitrogen and oxygen atoms in total. The fourth-order valence-corrected chi connectivity index (χ4v) is 4.57. The van der Waals surface area contributed by atoms with E-state index in [1.807, 2.05) is 29.6 Å². The van der Waals surface area contributed by atoms with Crippen LogP contribution in [0, 0.1) is 13.8 Å². The van der Waals surface area contributed by atoms with Crippen molar-refractivity contribution in [1.82, 2.24) is 9.55 Å². The van der Waals surface area contributed by atoms with Crippen LogP contribution in [0.25, 0.3) is 21.3 Å². The van der Waals surface area contributed by atoms with E-state index in [2.05, 4.69) is 53.0 Å². The van der Waals surface area contributed by atoms with E-state index < -0.39 is 0 Å². The Balaban J connectivity index is 1.86. The van der Waals surface area contributed by atoms with Crippen molar-refractivity contribution in [3.8, 4) is 11.1 Å². The van der Waals surface area contributed by atoms with Crippen molar-refractivity contribution >= 4 is 37.5 Å². The summed E-state index contributed by atoms with van der Waals surface area (Å²) in [6.07, 6.45) is 1.65. The average molecular weight is 425 g/mol. The van der Waals surface area contributed by atoms with Crippen molar-refractivity contribution < 1.29 is 0 Å². The number of rotatable bonds is 3. The number of hydrogen-bond acceptors (Lipinski definition) is 3. The van der Waals surface area contributed by atoms with E-state index in [1.54, 1.807) is 10.9 Å². The average Bonchev–Trinajstić information content (AvgIpc) is 3.02. The molecule has 5 heteroatoms. The van der Waals surface area contributed by atoms with E-state index in [0.717, 1.165) is 26.0 Å². The van der Waals surface area contributed by atoms with Gasteiger partial charge in [0.05, 0.1) is 18.3 Å². The van der Waals surface area contributed by atoms with E-state index in [-0.39, 0.29) is 5.56 Å². The zero-order valence-corrected chi connectivity index (χ0v) is 16.9. The summed E-state index contributed by atoms with van der Waals surface area (Å²) in [5.41, 5.74) is 5.53. The number of halogens is 1. The normalized spacial score (nSPS) is 11.2. The Kier molecular flexibility index (Phi) is 4.51. The molecule has 4 rings (SSSR count). The van der Waals surface area contributed by atoms with Gasteiger partial charge in [0.1, 0.15) is 4.83 Å². The second-order valence-electron chi connectivity index (χ2n) is 6.46. The molecule has 0 aliphatic carbocycles. The molecule has 0 saturated carbocycles. The second-order valence-corrected chi connectivity index (χ2v) is 8.23. The Bertz CT molecular complexity index is 1180. The molecule has 2 heterocycles. The summed E-state index contributed by atoms with van der Waals surface area (Å²) in [6.45, 7) is 4.67. The summed E-state index contributed by atoms with van der Waals surface area (Å²) in [5.74, 6) is 0. The van der Waals surface area contributed by atoms with Crippen LogP contribution in [0.3, 0.4) is 0 Å². The lowest BCUT2D eigenvalue weighted by molar-refractivity contribution is 0.749. The van der Waals surface area contributed by atoms with E-state index in [4.69, 9.17) is 0 Å². The second kappa shape index (κ2) is 6.82. The van der Waals surface area contributed by atoms with Crippen molar-refractivity contribution in [2.75, 3.05) is 0 Å². The van der Waals surface area contributed by atoms with E-state index in [1.165, 1.54) is 22.5 Å². The highest BCUT2D eigenvalue weighted by molar-refractivity contribution is 9.10. The molecule has 0 aliphatic heterocycles. The minimum absolute atomic E-state index is 0.00574. The van der Waals surface area contributed by atoms with Crippen LogP contribution in [0.2, 0.25) is 0 Å². The zero-order valence-electron chi connectivity index (χ0n) is 14.5. The quantitative estimate of drug-likeness (QED) is 0.431. The van der Waals surface area contributed by atoms with Gasteiger partial charge >= 0.3 is 0 Å². The molecular formula is C21H17BrN2OS. The molecular weight excluding hydrogens is 408 g/mol. The highest BCUT2D eigenvalue weighted by Gasteiger charge is 2.15. The van der Waals surface area contributed by atoms with E-state index in [0.29, 0.717) is 11.9 Å². The smallest absolute Gasteiger partial charge is 0.263 e. The summed E-state index contributed by atoms with van der Waals surface area (Å²) in [5, 5.41) is 2.75. The van der Waals surface area contributed by atoms with Gasteiger partial charge in [-0.15, -0.1) is 11.3 Å². The third kappa shape index (κ3) is 3.13. The number of benzene rings is 2. The van der Waals surface area contributed by atoms with Crippen molar-refractivity contribution in [3.63, 3.8) is 0 Å². The molecule has 0 spiro atoms. The van der Waals surface area contributed by atoms with Gasteiger partial charge in [-0.2, -0.15) is 0 Å². The summed E-state index contributed by atoms with van der Waals surface area (Å²) < 4.78 is 2.69. The van der Waals surface area contributed by atoms with Gasteiger partial charge in [0.15, 0.2) is 0 Å². The van der Waals surface area contributed by atoms with E-state index in [9.17, 15) is 4.79 Å². The third-order valence-corrected chi connectivity index (χ3v) is 5.85. The number of nitrogens with zero attached hydrogens (tertiary/aromatic N) is 2. The molecule has 0 amide bonds. The maximum absolute atomic E-state index is 13.2. The fraction of sp³-hybridized carbons (Fsp3) is 0.143. The molecule has 26 heavy (non-hydrogen) atoms. The lowest BCUT2D eigenvalue weighted by atomic mass is 9.99. The Morgan fingerprint density at radius 1 is 1.12 bits per heavy atom. The van der Waals surface area contributed by atoms with Crippen LogP contribution in [-0.4, -0.2) is 9.55 Å². The molecule has 0 unspecified atom stereocenters. The lowest BCUT2D eigenvalue weighted by Crippen LogP contribution is -2.21. The predicted molar refractivity (Wildman–Crippen MR) is 112 cm³/mol. The highest BCUT2D eigenvalue weighted by Crippen LogP contribution is 2.33.